The molecule has 0 saturated heterocycles. The van der Waals surface area contributed by atoms with Crippen molar-refractivity contribution >= 4 is 40.6 Å². The molecule has 2 aromatic rings. The molecule has 1 amide bonds. The molecular weight excluding hydrogens is 297 g/mol. The lowest BCUT2D eigenvalue weighted by Crippen LogP contribution is -2.29. The first-order valence-corrected chi connectivity index (χ1v) is 6.72. The van der Waals surface area contributed by atoms with Crippen LogP contribution in [-0.4, -0.2) is 11.7 Å². The second-order valence-electron chi connectivity index (χ2n) is 4.47. The molecule has 0 fully saturated rings. The summed E-state index contributed by atoms with van der Waals surface area (Å²) >= 11 is 12.0. The first-order valence-electron chi connectivity index (χ1n) is 5.97. The number of benzene rings is 2. The van der Waals surface area contributed by atoms with E-state index in [1.165, 1.54) is 4.90 Å². The molecule has 0 bridgehead atoms. The minimum Gasteiger partial charge on any atom is -0.300 e. The van der Waals surface area contributed by atoms with E-state index in [2.05, 4.69) is 0 Å². The molecular formula is C15H9Cl2NO2. The van der Waals surface area contributed by atoms with Gasteiger partial charge in [0.15, 0.2) is 0 Å². The highest BCUT2D eigenvalue weighted by atomic mass is 35.5. The van der Waals surface area contributed by atoms with Gasteiger partial charge in [-0.1, -0.05) is 35.3 Å². The maximum absolute atomic E-state index is 12.1. The summed E-state index contributed by atoms with van der Waals surface area (Å²) in [7, 11) is 0. The zero-order valence-electron chi connectivity index (χ0n) is 10.3. The summed E-state index contributed by atoms with van der Waals surface area (Å²) in [5.74, 6) is -1.03. The van der Waals surface area contributed by atoms with Gasteiger partial charge in [-0.25, -0.2) is 0 Å². The number of fused-ring (bicyclic) bond motifs is 1. The normalized spacial score (nSPS) is 13.8. The Hall–Kier alpha value is -1.84. The Labute approximate surface area is 125 Å². The third-order valence-corrected chi connectivity index (χ3v) is 3.82. The van der Waals surface area contributed by atoms with Gasteiger partial charge in [-0.05, 0) is 35.9 Å². The second kappa shape index (κ2) is 4.93. The van der Waals surface area contributed by atoms with Crippen LogP contribution in [0.2, 0.25) is 10.0 Å². The Bertz CT molecular complexity index is 728. The molecule has 1 heterocycles. The van der Waals surface area contributed by atoms with E-state index in [1.54, 1.807) is 42.5 Å². The Kier molecular flexibility index (Phi) is 3.24. The number of amides is 1. The summed E-state index contributed by atoms with van der Waals surface area (Å²) in [4.78, 5) is 25.4. The van der Waals surface area contributed by atoms with Gasteiger partial charge in [-0.2, -0.15) is 0 Å². The number of carbonyl (C=O) groups is 2. The third kappa shape index (κ3) is 2.09. The van der Waals surface area contributed by atoms with Gasteiger partial charge in [0, 0.05) is 10.0 Å². The highest BCUT2D eigenvalue weighted by Gasteiger charge is 2.35. The van der Waals surface area contributed by atoms with Crippen molar-refractivity contribution in [3.63, 3.8) is 0 Å². The molecule has 5 heteroatoms. The number of para-hydroxylation sites is 1. The Morgan fingerprint density at radius 2 is 1.75 bits per heavy atom. The molecule has 2 aromatic carbocycles. The predicted molar refractivity (Wildman–Crippen MR) is 78.4 cm³/mol. The largest absolute Gasteiger partial charge is 0.300 e. The van der Waals surface area contributed by atoms with Crippen LogP contribution >= 0.6 is 23.2 Å². The predicted octanol–water partition coefficient (Wildman–Crippen LogP) is 3.72. The first-order chi connectivity index (χ1) is 9.58. The first kappa shape index (κ1) is 13.2. The monoisotopic (exact) mass is 305 g/mol. The summed E-state index contributed by atoms with van der Waals surface area (Å²) in [6, 6.07) is 12.0. The number of hydrogen-bond donors (Lipinski definition) is 0. The highest BCUT2D eigenvalue weighted by Crippen LogP contribution is 2.31. The van der Waals surface area contributed by atoms with E-state index in [0.717, 1.165) is 0 Å². The molecule has 1 aliphatic rings. The average molecular weight is 306 g/mol. The van der Waals surface area contributed by atoms with E-state index < -0.39 is 11.7 Å². The minimum absolute atomic E-state index is 0.223. The van der Waals surface area contributed by atoms with E-state index in [1.807, 2.05) is 0 Å². The number of rotatable bonds is 2. The second-order valence-corrected chi connectivity index (χ2v) is 5.32. The summed E-state index contributed by atoms with van der Waals surface area (Å²) in [5.41, 5.74) is 1.74. The summed E-state index contributed by atoms with van der Waals surface area (Å²) in [5, 5.41) is 1.05. The van der Waals surface area contributed by atoms with Crippen LogP contribution in [0.4, 0.5) is 5.69 Å². The molecule has 0 saturated carbocycles. The molecule has 0 radical (unpaired) electrons. The number of halogens is 2. The summed E-state index contributed by atoms with van der Waals surface area (Å²) in [6.45, 7) is 0.223. The van der Waals surface area contributed by atoms with Crippen LogP contribution in [0.3, 0.4) is 0 Å². The Morgan fingerprint density at radius 1 is 1.00 bits per heavy atom. The molecule has 100 valence electrons. The van der Waals surface area contributed by atoms with Crippen LogP contribution in [0.5, 0.6) is 0 Å². The van der Waals surface area contributed by atoms with Gasteiger partial charge in [-0.15, -0.1) is 0 Å². The fourth-order valence-electron chi connectivity index (χ4n) is 2.24. The molecule has 3 rings (SSSR count). The zero-order chi connectivity index (χ0) is 14.3. The molecule has 1 aliphatic heterocycles. The Morgan fingerprint density at radius 3 is 2.55 bits per heavy atom. The lowest BCUT2D eigenvalue weighted by molar-refractivity contribution is -0.114. The summed E-state index contributed by atoms with van der Waals surface area (Å²) < 4.78 is 0. The number of nitrogens with zero attached hydrogens (tertiary/aromatic N) is 1. The van der Waals surface area contributed by atoms with Crippen molar-refractivity contribution in [1.29, 1.82) is 0 Å². The van der Waals surface area contributed by atoms with Gasteiger partial charge in [0.1, 0.15) is 0 Å². The van der Waals surface area contributed by atoms with Crippen LogP contribution in [0.15, 0.2) is 42.5 Å². The van der Waals surface area contributed by atoms with Crippen molar-refractivity contribution in [2.45, 2.75) is 6.54 Å². The van der Waals surface area contributed by atoms with Gasteiger partial charge < -0.3 is 4.90 Å². The van der Waals surface area contributed by atoms with Crippen LogP contribution in [0.1, 0.15) is 15.9 Å². The molecule has 0 unspecified atom stereocenters. The molecule has 0 aromatic heterocycles. The SMILES string of the molecule is O=C1C(=O)N(Cc2cc(Cl)ccc2Cl)c2ccccc21. The number of carbonyl (C=O) groups excluding carboxylic acids is 2. The number of ketones is 1. The van der Waals surface area contributed by atoms with Gasteiger partial charge in [0.05, 0.1) is 17.8 Å². The lowest BCUT2D eigenvalue weighted by Gasteiger charge is -2.17. The highest BCUT2D eigenvalue weighted by molar-refractivity contribution is 6.52. The van der Waals surface area contributed by atoms with E-state index >= 15 is 0 Å². The molecule has 0 atom stereocenters. The van der Waals surface area contributed by atoms with Gasteiger partial charge in [0.2, 0.25) is 0 Å². The van der Waals surface area contributed by atoms with Crippen LogP contribution in [0, 0.1) is 0 Å². The maximum atomic E-state index is 12.1. The van der Waals surface area contributed by atoms with Crippen LogP contribution in [-0.2, 0) is 11.3 Å². The zero-order valence-corrected chi connectivity index (χ0v) is 11.8. The quantitative estimate of drug-likeness (QED) is 0.793. The smallest absolute Gasteiger partial charge is 0.299 e. The topological polar surface area (TPSA) is 37.4 Å². The molecule has 20 heavy (non-hydrogen) atoms. The van der Waals surface area contributed by atoms with Crippen molar-refractivity contribution in [2.24, 2.45) is 0 Å². The van der Waals surface area contributed by atoms with Crippen LogP contribution < -0.4 is 4.90 Å². The number of Topliss-reactive ketones (excluding diaryl/α,β-unsaturated/α-hetero) is 1. The minimum atomic E-state index is -0.540. The van der Waals surface area contributed by atoms with Crippen LogP contribution in [0.25, 0.3) is 0 Å². The van der Waals surface area contributed by atoms with Crippen molar-refractivity contribution in [2.75, 3.05) is 4.90 Å². The number of hydrogen-bond acceptors (Lipinski definition) is 2. The number of anilines is 1. The fraction of sp³-hybridized carbons (Fsp3) is 0.0667. The maximum Gasteiger partial charge on any atom is 0.299 e. The molecule has 0 N–H and O–H groups in total. The van der Waals surface area contributed by atoms with Gasteiger partial charge in [-0.3, -0.25) is 9.59 Å². The van der Waals surface area contributed by atoms with E-state index in [-0.39, 0.29) is 6.54 Å². The van der Waals surface area contributed by atoms with Crippen molar-refractivity contribution < 1.29 is 9.59 Å². The van der Waals surface area contributed by atoms with Crippen molar-refractivity contribution in [3.8, 4) is 0 Å². The molecule has 0 spiro atoms. The Balaban J connectivity index is 2.01. The molecule has 3 nitrogen and oxygen atoms in total. The van der Waals surface area contributed by atoms with Gasteiger partial charge >= 0.3 is 0 Å². The summed E-state index contributed by atoms with van der Waals surface area (Å²) in [6.07, 6.45) is 0. The van der Waals surface area contributed by atoms with E-state index in [0.29, 0.717) is 26.9 Å². The van der Waals surface area contributed by atoms with Crippen molar-refractivity contribution in [3.05, 3.63) is 63.6 Å². The fourth-order valence-corrected chi connectivity index (χ4v) is 2.61. The van der Waals surface area contributed by atoms with E-state index in [4.69, 9.17) is 23.2 Å². The van der Waals surface area contributed by atoms with E-state index in [9.17, 15) is 9.59 Å². The van der Waals surface area contributed by atoms with Crippen molar-refractivity contribution in [1.82, 2.24) is 0 Å². The molecule has 0 aliphatic carbocycles. The lowest BCUT2D eigenvalue weighted by atomic mass is 10.1. The average Bonchev–Trinajstić information content (AvgIpc) is 2.68. The van der Waals surface area contributed by atoms with Gasteiger partial charge in [0.25, 0.3) is 11.7 Å². The standard InChI is InChI=1S/C15H9Cl2NO2/c16-10-5-6-12(17)9(7-10)8-18-13-4-2-1-3-11(13)14(19)15(18)20/h1-7H,8H2. The third-order valence-electron chi connectivity index (χ3n) is 3.22.